The van der Waals surface area contributed by atoms with Gasteiger partial charge in [0.05, 0.1) is 6.54 Å². The molecule has 1 aliphatic carbocycles. The predicted octanol–water partition coefficient (Wildman–Crippen LogP) is 4.51. The number of carbonyl (C=O) groups excluding carboxylic acids is 1. The first-order chi connectivity index (χ1) is 11.7. The SMILES string of the molecule is C[C@@H]1CCCC[C@@H]1NC(=O)CN(Cc1cccs1)Cc1cccs1. The molecule has 3 nitrogen and oxygen atoms in total. The van der Waals surface area contributed by atoms with E-state index in [4.69, 9.17) is 0 Å². The van der Waals surface area contributed by atoms with Gasteiger partial charge in [0.1, 0.15) is 0 Å². The molecule has 2 heterocycles. The Kier molecular flexibility index (Phi) is 6.46. The summed E-state index contributed by atoms with van der Waals surface area (Å²) in [7, 11) is 0. The molecule has 1 fully saturated rings. The Balaban J connectivity index is 1.58. The average molecular weight is 363 g/mol. The minimum absolute atomic E-state index is 0.168. The molecule has 0 bridgehead atoms. The van der Waals surface area contributed by atoms with Gasteiger partial charge in [0, 0.05) is 28.9 Å². The second kappa shape index (κ2) is 8.79. The molecular weight excluding hydrogens is 336 g/mol. The van der Waals surface area contributed by atoms with Crippen molar-refractivity contribution in [3.8, 4) is 0 Å². The number of hydrogen-bond acceptors (Lipinski definition) is 4. The molecule has 0 aliphatic heterocycles. The molecule has 5 heteroatoms. The van der Waals surface area contributed by atoms with Crippen LogP contribution in [-0.2, 0) is 17.9 Å². The quantitative estimate of drug-likeness (QED) is 0.786. The van der Waals surface area contributed by atoms with Crippen molar-refractivity contribution in [3.63, 3.8) is 0 Å². The molecule has 0 aromatic carbocycles. The van der Waals surface area contributed by atoms with Crippen LogP contribution in [0.15, 0.2) is 35.0 Å². The zero-order chi connectivity index (χ0) is 16.8. The van der Waals surface area contributed by atoms with E-state index in [1.54, 1.807) is 22.7 Å². The molecule has 130 valence electrons. The van der Waals surface area contributed by atoms with Crippen LogP contribution in [0.4, 0.5) is 0 Å². The summed E-state index contributed by atoms with van der Waals surface area (Å²) in [6.07, 6.45) is 4.90. The summed E-state index contributed by atoms with van der Waals surface area (Å²) in [6, 6.07) is 8.80. The monoisotopic (exact) mass is 362 g/mol. The topological polar surface area (TPSA) is 32.3 Å². The fourth-order valence-corrected chi connectivity index (χ4v) is 4.89. The molecule has 1 saturated carbocycles. The van der Waals surface area contributed by atoms with Gasteiger partial charge in [-0.15, -0.1) is 22.7 Å². The van der Waals surface area contributed by atoms with Crippen LogP contribution in [0.25, 0.3) is 0 Å². The van der Waals surface area contributed by atoms with Gasteiger partial charge in [-0.1, -0.05) is 31.9 Å². The maximum absolute atomic E-state index is 12.6. The van der Waals surface area contributed by atoms with Crippen LogP contribution in [0.5, 0.6) is 0 Å². The highest BCUT2D eigenvalue weighted by molar-refractivity contribution is 7.10. The van der Waals surface area contributed by atoms with Crippen molar-refractivity contribution < 1.29 is 4.79 Å². The smallest absolute Gasteiger partial charge is 0.234 e. The molecule has 2 atom stereocenters. The summed E-state index contributed by atoms with van der Waals surface area (Å²) in [5.74, 6) is 0.771. The lowest BCUT2D eigenvalue weighted by molar-refractivity contribution is -0.123. The molecule has 0 radical (unpaired) electrons. The lowest BCUT2D eigenvalue weighted by Crippen LogP contribution is -2.45. The van der Waals surface area contributed by atoms with Gasteiger partial charge < -0.3 is 5.32 Å². The summed E-state index contributed by atoms with van der Waals surface area (Å²) in [6.45, 7) is 4.41. The Morgan fingerprint density at radius 2 is 1.75 bits per heavy atom. The predicted molar refractivity (Wildman–Crippen MR) is 102 cm³/mol. The van der Waals surface area contributed by atoms with Gasteiger partial charge in [0.25, 0.3) is 0 Å². The van der Waals surface area contributed by atoms with Crippen LogP contribution in [-0.4, -0.2) is 23.4 Å². The van der Waals surface area contributed by atoms with Crippen LogP contribution >= 0.6 is 22.7 Å². The first-order valence-corrected chi connectivity index (χ1v) is 10.5. The molecule has 0 spiro atoms. The van der Waals surface area contributed by atoms with Crippen LogP contribution in [0.1, 0.15) is 42.4 Å². The lowest BCUT2D eigenvalue weighted by Gasteiger charge is -2.30. The van der Waals surface area contributed by atoms with Gasteiger partial charge in [-0.2, -0.15) is 0 Å². The molecule has 0 saturated heterocycles. The van der Waals surface area contributed by atoms with E-state index >= 15 is 0 Å². The molecule has 1 amide bonds. The maximum Gasteiger partial charge on any atom is 0.234 e. The van der Waals surface area contributed by atoms with Crippen LogP contribution < -0.4 is 5.32 Å². The lowest BCUT2D eigenvalue weighted by atomic mass is 9.86. The summed E-state index contributed by atoms with van der Waals surface area (Å²) in [5, 5.41) is 7.48. The Bertz CT molecular complexity index is 573. The standard InChI is InChI=1S/C19H26N2OS2/c1-15-6-2-3-9-18(15)20-19(22)14-21(12-16-7-4-10-23-16)13-17-8-5-11-24-17/h4-5,7-8,10-11,15,18H,2-3,6,9,12-14H2,1H3,(H,20,22)/t15-,18+/m1/s1. The highest BCUT2D eigenvalue weighted by atomic mass is 32.1. The second-order valence-electron chi connectivity index (χ2n) is 6.74. The van der Waals surface area contributed by atoms with E-state index in [1.807, 2.05) is 0 Å². The minimum Gasteiger partial charge on any atom is -0.352 e. The van der Waals surface area contributed by atoms with Crippen LogP contribution in [0.3, 0.4) is 0 Å². The van der Waals surface area contributed by atoms with Crippen LogP contribution in [0, 0.1) is 5.92 Å². The van der Waals surface area contributed by atoms with E-state index in [-0.39, 0.29) is 5.91 Å². The van der Waals surface area contributed by atoms with Gasteiger partial charge in [-0.25, -0.2) is 0 Å². The van der Waals surface area contributed by atoms with Gasteiger partial charge >= 0.3 is 0 Å². The van der Waals surface area contributed by atoms with Gasteiger partial charge in [0.15, 0.2) is 0 Å². The number of rotatable bonds is 7. The number of thiophene rings is 2. The average Bonchev–Trinajstić information content (AvgIpc) is 3.23. The number of carbonyl (C=O) groups is 1. The van der Waals surface area contributed by atoms with E-state index in [0.29, 0.717) is 18.5 Å². The fraction of sp³-hybridized carbons (Fsp3) is 0.526. The van der Waals surface area contributed by atoms with Gasteiger partial charge in [-0.3, -0.25) is 9.69 Å². The normalized spacial score (nSPS) is 21.1. The molecule has 3 rings (SSSR count). The largest absolute Gasteiger partial charge is 0.352 e. The van der Waals surface area contributed by atoms with Gasteiger partial charge in [-0.05, 0) is 41.7 Å². The molecule has 2 aromatic rings. The number of amides is 1. The highest BCUT2D eigenvalue weighted by Crippen LogP contribution is 2.24. The van der Waals surface area contributed by atoms with Crippen molar-refractivity contribution >= 4 is 28.6 Å². The number of nitrogens with zero attached hydrogens (tertiary/aromatic N) is 1. The van der Waals surface area contributed by atoms with Crippen molar-refractivity contribution in [2.24, 2.45) is 5.92 Å². The Labute approximate surface area is 152 Å². The molecule has 24 heavy (non-hydrogen) atoms. The molecular formula is C19H26N2OS2. The Morgan fingerprint density at radius 3 is 2.29 bits per heavy atom. The van der Waals surface area contributed by atoms with E-state index in [9.17, 15) is 4.79 Å². The zero-order valence-electron chi connectivity index (χ0n) is 14.2. The van der Waals surface area contributed by atoms with Crippen molar-refractivity contribution in [2.75, 3.05) is 6.54 Å². The third-order valence-corrected chi connectivity index (χ3v) is 6.47. The molecule has 1 N–H and O–H groups in total. The van der Waals surface area contributed by atoms with E-state index in [1.165, 1.54) is 29.0 Å². The molecule has 0 unspecified atom stereocenters. The van der Waals surface area contributed by atoms with E-state index < -0.39 is 0 Å². The fourth-order valence-electron chi connectivity index (χ4n) is 3.40. The Hall–Kier alpha value is -1.17. The van der Waals surface area contributed by atoms with E-state index in [0.717, 1.165) is 19.5 Å². The third kappa shape index (κ3) is 5.16. The third-order valence-electron chi connectivity index (χ3n) is 4.74. The summed E-state index contributed by atoms with van der Waals surface area (Å²) >= 11 is 3.51. The first kappa shape index (κ1) is 17.6. The first-order valence-electron chi connectivity index (χ1n) is 8.77. The molecule has 2 aromatic heterocycles. The number of nitrogens with one attached hydrogen (secondary N) is 1. The van der Waals surface area contributed by atoms with Crippen LogP contribution in [0.2, 0.25) is 0 Å². The highest BCUT2D eigenvalue weighted by Gasteiger charge is 2.23. The summed E-state index contributed by atoms with van der Waals surface area (Å²) in [5.41, 5.74) is 0. The summed E-state index contributed by atoms with van der Waals surface area (Å²) in [4.78, 5) is 17.4. The number of hydrogen-bond donors (Lipinski definition) is 1. The molecule has 1 aliphatic rings. The van der Waals surface area contributed by atoms with Crippen molar-refractivity contribution in [2.45, 2.75) is 51.7 Å². The van der Waals surface area contributed by atoms with Gasteiger partial charge in [0.2, 0.25) is 5.91 Å². The second-order valence-corrected chi connectivity index (χ2v) is 8.80. The van der Waals surface area contributed by atoms with Crippen molar-refractivity contribution in [1.82, 2.24) is 10.2 Å². The minimum atomic E-state index is 0.168. The van der Waals surface area contributed by atoms with Crippen molar-refractivity contribution in [1.29, 1.82) is 0 Å². The Morgan fingerprint density at radius 1 is 1.12 bits per heavy atom. The zero-order valence-corrected chi connectivity index (χ0v) is 15.9. The van der Waals surface area contributed by atoms with E-state index in [2.05, 4.69) is 52.2 Å². The maximum atomic E-state index is 12.6. The summed E-state index contributed by atoms with van der Waals surface area (Å²) < 4.78 is 0. The van der Waals surface area contributed by atoms with Crippen molar-refractivity contribution in [3.05, 3.63) is 44.8 Å².